The molecule has 2 unspecified atom stereocenters. The molecule has 1 aliphatic heterocycles. The van der Waals surface area contributed by atoms with Gasteiger partial charge in [-0.2, -0.15) is 0 Å². The van der Waals surface area contributed by atoms with Crippen molar-refractivity contribution in [2.24, 2.45) is 0 Å². The van der Waals surface area contributed by atoms with E-state index in [9.17, 15) is 5.11 Å². The molecule has 4 heteroatoms. The van der Waals surface area contributed by atoms with Crippen LogP contribution >= 0.6 is 0 Å². The molecule has 0 amide bonds. The van der Waals surface area contributed by atoms with Gasteiger partial charge in [0.05, 0.1) is 12.3 Å². The molecule has 4 nitrogen and oxygen atoms in total. The van der Waals surface area contributed by atoms with Gasteiger partial charge in [0.25, 0.3) is 0 Å². The van der Waals surface area contributed by atoms with E-state index in [1.54, 1.807) is 0 Å². The fourth-order valence-electron chi connectivity index (χ4n) is 3.28. The van der Waals surface area contributed by atoms with Crippen LogP contribution in [0.1, 0.15) is 37.6 Å². The van der Waals surface area contributed by atoms with E-state index in [4.69, 9.17) is 4.98 Å². The Bertz CT molecular complexity index is 592. The van der Waals surface area contributed by atoms with E-state index >= 15 is 0 Å². The number of nitrogens with zero attached hydrogens (tertiary/aromatic N) is 3. The summed E-state index contributed by atoms with van der Waals surface area (Å²) in [6.45, 7) is 5.42. The van der Waals surface area contributed by atoms with Crippen LogP contribution in [0.2, 0.25) is 0 Å². The van der Waals surface area contributed by atoms with Gasteiger partial charge in [-0.1, -0.05) is 12.5 Å². The maximum atomic E-state index is 9.57. The van der Waals surface area contributed by atoms with E-state index in [-0.39, 0.29) is 12.6 Å². The van der Waals surface area contributed by atoms with Gasteiger partial charge < -0.3 is 9.51 Å². The molecule has 1 fully saturated rings. The molecule has 2 aromatic rings. The Balaban J connectivity index is 1.86. The zero-order valence-electron chi connectivity index (χ0n) is 12.3. The van der Waals surface area contributed by atoms with Crippen LogP contribution < -0.4 is 0 Å². The Labute approximate surface area is 120 Å². The van der Waals surface area contributed by atoms with E-state index in [0.717, 1.165) is 24.3 Å². The number of aliphatic hydroxyl groups is 1. The van der Waals surface area contributed by atoms with Gasteiger partial charge >= 0.3 is 0 Å². The van der Waals surface area contributed by atoms with Gasteiger partial charge in [-0.3, -0.25) is 4.90 Å². The summed E-state index contributed by atoms with van der Waals surface area (Å²) in [4.78, 5) is 7.11. The molecule has 108 valence electrons. The monoisotopic (exact) mass is 273 g/mol. The van der Waals surface area contributed by atoms with Crippen molar-refractivity contribution in [2.45, 2.75) is 51.7 Å². The van der Waals surface area contributed by atoms with E-state index in [1.165, 1.54) is 18.5 Å². The third-order valence-electron chi connectivity index (χ3n) is 4.50. The third-order valence-corrected chi connectivity index (χ3v) is 4.50. The largest absolute Gasteiger partial charge is 0.395 e. The number of rotatable bonds is 3. The number of likely N-dealkylation sites (tertiary alicyclic amines) is 1. The molecule has 1 saturated heterocycles. The number of imidazole rings is 1. The smallest absolute Gasteiger partial charge is 0.137 e. The Morgan fingerprint density at radius 2 is 2.20 bits per heavy atom. The maximum Gasteiger partial charge on any atom is 0.137 e. The first-order valence-electron chi connectivity index (χ1n) is 7.49. The molecule has 0 aromatic carbocycles. The first-order chi connectivity index (χ1) is 9.69. The first kappa shape index (κ1) is 13.6. The average Bonchev–Trinajstić information content (AvgIpc) is 2.85. The first-order valence-corrected chi connectivity index (χ1v) is 7.49. The summed E-state index contributed by atoms with van der Waals surface area (Å²) in [5.41, 5.74) is 3.29. The fraction of sp³-hybridized carbons (Fsp3) is 0.562. The predicted octanol–water partition coefficient (Wildman–Crippen LogP) is 2.38. The number of pyridine rings is 1. The molecule has 20 heavy (non-hydrogen) atoms. The van der Waals surface area contributed by atoms with Crippen molar-refractivity contribution < 1.29 is 5.11 Å². The van der Waals surface area contributed by atoms with Crippen LogP contribution in [0.4, 0.5) is 0 Å². The highest BCUT2D eigenvalue weighted by atomic mass is 16.3. The van der Waals surface area contributed by atoms with Crippen LogP contribution in [0, 0.1) is 6.92 Å². The standard InChI is InChI=1S/C16H23N3O/c1-12-5-3-7-15(11-20)18(12)9-14-10-19-13(2)6-4-8-16(19)17-14/h4,6,8,10,12,15,20H,3,5,7,9,11H2,1-2H3. The van der Waals surface area contributed by atoms with Gasteiger partial charge in [0, 0.05) is 30.5 Å². The number of aromatic nitrogens is 2. The van der Waals surface area contributed by atoms with Crippen molar-refractivity contribution in [2.75, 3.05) is 6.61 Å². The normalized spacial score (nSPS) is 24.4. The molecule has 0 bridgehead atoms. The molecule has 0 spiro atoms. The predicted molar refractivity (Wildman–Crippen MR) is 79.7 cm³/mol. The lowest BCUT2D eigenvalue weighted by molar-refractivity contribution is 0.0443. The third kappa shape index (κ3) is 2.45. The Kier molecular flexibility index (Phi) is 3.76. The number of hydrogen-bond acceptors (Lipinski definition) is 3. The molecule has 2 atom stereocenters. The van der Waals surface area contributed by atoms with Crippen molar-refractivity contribution in [1.29, 1.82) is 0 Å². The van der Waals surface area contributed by atoms with Gasteiger partial charge in [-0.05, 0) is 38.8 Å². The van der Waals surface area contributed by atoms with Gasteiger partial charge in [0.2, 0.25) is 0 Å². The van der Waals surface area contributed by atoms with Crippen molar-refractivity contribution in [3.05, 3.63) is 35.8 Å². The summed E-state index contributed by atoms with van der Waals surface area (Å²) in [6.07, 6.45) is 5.64. The number of fused-ring (bicyclic) bond motifs is 1. The molecule has 3 heterocycles. The molecular weight excluding hydrogens is 250 g/mol. The summed E-state index contributed by atoms with van der Waals surface area (Å²) < 4.78 is 2.14. The average molecular weight is 273 g/mol. The van der Waals surface area contributed by atoms with Crippen molar-refractivity contribution in [3.8, 4) is 0 Å². The van der Waals surface area contributed by atoms with E-state index in [0.29, 0.717) is 6.04 Å². The minimum atomic E-state index is 0.247. The quantitative estimate of drug-likeness (QED) is 0.933. The van der Waals surface area contributed by atoms with Gasteiger partial charge in [0.1, 0.15) is 5.65 Å². The minimum absolute atomic E-state index is 0.247. The van der Waals surface area contributed by atoms with Crippen molar-refractivity contribution in [3.63, 3.8) is 0 Å². The van der Waals surface area contributed by atoms with Gasteiger partial charge in [-0.15, -0.1) is 0 Å². The molecule has 1 N–H and O–H groups in total. The lowest BCUT2D eigenvalue weighted by Crippen LogP contribution is -2.46. The van der Waals surface area contributed by atoms with Crippen LogP contribution in [0.5, 0.6) is 0 Å². The molecule has 0 radical (unpaired) electrons. The van der Waals surface area contributed by atoms with Crippen molar-refractivity contribution >= 4 is 5.65 Å². The van der Waals surface area contributed by atoms with E-state index in [2.05, 4.69) is 35.4 Å². The number of aryl methyl sites for hydroxylation is 1. The second kappa shape index (κ2) is 5.54. The van der Waals surface area contributed by atoms with Gasteiger partial charge in [0.15, 0.2) is 0 Å². The Morgan fingerprint density at radius 1 is 1.35 bits per heavy atom. The van der Waals surface area contributed by atoms with E-state index < -0.39 is 0 Å². The lowest BCUT2D eigenvalue weighted by Gasteiger charge is -2.39. The zero-order valence-corrected chi connectivity index (χ0v) is 12.3. The highest BCUT2D eigenvalue weighted by molar-refractivity contribution is 5.41. The molecule has 2 aromatic heterocycles. The number of hydrogen-bond donors (Lipinski definition) is 1. The summed E-state index contributed by atoms with van der Waals surface area (Å²) in [5, 5.41) is 9.57. The van der Waals surface area contributed by atoms with Crippen LogP contribution in [-0.2, 0) is 6.54 Å². The SMILES string of the molecule is Cc1cccc2nc(CN3C(C)CCCC3CO)cn12. The fourth-order valence-corrected chi connectivity index (χ4v) is 3.28. The van der Waals surface area contributed by atoms with Crippen LogP contribution in [0.3, 0.4) is 0 Å². The Hall–Kier alpha value is -1.39. The van der Waals surface area contributed by atoms with E-state index in [1.807, 2.05) is 12.1 Å². The van der Waals surface area contributed by atoms with Crippen LogP contribution in [0.25, 0.3) is 5.65 Å². The minimum Gasteiger partial charge on any atom is -0.395 e. The molecular formula is C16H23N3O. The second-order valence-electron chi connectivity index (χ2n) is 5.92. The molecule has 3 rings (SSSR count). The van der Waals surface area contributed by atoms with Crippen LogP contribution in [0.15, 0.2) is 24.4 Å². The summed E-state index contributed by atoms with van der Waals surface area (Å²) in [6, 6.07) is 6.98. The van der Waals surface area contributed by atoms with Crippen LogP contribution in [-0.4, -0.2) is 38.1 Å². The molecule has 1 aliphatic rings. The highest BCUT2D eigenvalue weighted by Crippen LogP contribution is 2.24. The number of piperidine rings is 1. The summed E-state index contributed by atoms with van der Waals surface area (Å²) >= 11 is 0. The maximum absolute atomic E-state index is 9.57. The molecule has 0 saturated carbocycles. The molecule has 0 aliphatic carbocycles. The summed E-state index contributed by atoms with van der Waals surface area (Å²) in [5.74, 6) is 0. The number of aliphatic hydroxyl groups excluding tert-OH is 1. The summed E-state index contributed by atoms with van der Waals surface area (Å²) in [7, 11) is 0. The topological polar surface area (TPSA) is 40.8 Å². The van der Waals surface area contributed by atoms with Crippen molar-refractivity contribution in [1.82, 2.24) is 14.3 Å². The Morgan fingerprint density at radius 3 is 2.95 bits per heavy atom. The zero-order chi connectivity index (χ0) is 14.1. The lowest BCUT2D eigenvalue weighted by atomic mass is 9.97. The second-order valence-corrected chi connectivity index (χ2v) is 5.92. The highest BCUT2D eigenvalue weighted by Gasteiger charge is 2.27. The van der Waals surface area contributed by atoms with Gasteiger partial charge in [-0.25, -0.2) is 4.98 Å².